The van der Waals surface area contributed by atoms with E-state index < -0.39 is 0 Å². The molecule has 0 aromatic carbocycles. The van der Waals surface area contributed by atoms with Crippen LogP contribution in [0.1, 0.15) is 36.4 Å². The monoisotopic (exact) mass is 253 g/mol. The maximum Gasteiger partial charge on any atom is 0.234 e. The molecule has 4 nitrogen and oxygen atoms in total. The minimum atomic E-state index is 0.0579. The second kappa shape index (κ2) is 6.12. The van der Waals surface area contributed by atoms with Gasteiger partial charge in [-0.05, 0) is 19.8 Å². The van der Waals surface area contributed by atoms with Crippen LogP contribution in [-0.4, -0.2) is 23.5 Å². The van der Waals surface area contributed by atoms with Crippen molar-refractivity contribution in [2.24, 2.45) is 0 Å². The van der Waals surface area contributed by atoms with Gasteiger partial charge in [-0.15, -0.1) is 11.3 Å². The fourth-order valence-electron chi connectivity index (χ4n) is 2.11. The molecule has 0 unspecified atom stereocenters. The number of carbonyl (C=O) groups excluding carboxylic acids is 1. The van der Waals surface area contributed by atoms with E-state index >= 15 is 0 Å². The quantitative estimate of drug-likeness (QED) is 0.838. The molecule has 2 rings (SSSR count). The Hall–Kier alpha value is -0.940. The highest BCUT2D eigenvalue weighted by Gasteiger charge is 2.15. The van der Waals surface area contributed by atoms with Crippen molar-refractivity contribution in [3.63, 3.8) is 0 Å². The van der Waals surface area contributed by atoms with Crippen molar-refractivity contribution in [2.75, 3.05) is 6.54 Å². The topological polar surface area (TPSA) is 54.0 Å². The Bertz CT molecular complexity index is 372. The summed E-state index contributed by atoms with van der Waals surface area (Å²) in [5.74, 6) is 0.0579. The van der Waals surface area contributed by atoms with Crippen molar-refractivity contribution in [3.8, 4) is 0 Å². The molecule has 0 aliphatic heterocycles. The number of aromatic nitrogens is 1. The Balaban J connectivity index is 1.63. The van der Waals surface area contributed by atoms with Gasteiger partial charge < -0.3 is 10.6 Å². The summed E-state index contributed by atoms with van der Waals surface area (Å²) >= 11 is 1.61. The molecule has 1 heterocycles. The van der Waals surface area contributed by atoms with Crippen LogP contribution in [0.5, 0.6) is 0 Å². The third-order valence-electron chi connectivity index (χ3n) is 3.04. The van der Waals surface area contributed by atoms with Crippen LogP contribution in [0.25, 0.3) is 0 Å². The minimum absolute atomic E-state index is 0.0579. The highest BCUT2D eigenvalue weighted by molar-refractivity contribution is 7.09. The van der Waals surface area contributed by atoms with Gasteiger partial charge in [-0.1, -0.05) is 12.8 Å². The van der Waals surface area contributed by atoms with Crippen molar-refractivity contribution in [2.45, 2.75) is 45.2 Å². The molecule has 5 heteroatoms. The van der Waals surface area contributed by atoms with E-state index in [1.165, 1.54) is 25.7 Å². The average Bonchev–Trinajstić information content (AvgIpc) is 2.95. The van der Waals surface area contributed by atoms with Crippen LogP contribution >= 0.6 is 11.3 Å². The van der Waals surface area contributed by atoms with Crippen LogP contribution in [0.2, 0.25) is 0 Å². The molecule has 94 valence electrons. The van der Waals surface area contributed by atoms with Crippen LogP contribution < -0.4 is 10.6 Å². The summed E-state index contributed by atoms with van der Waals surface area (Å²) in [5, 5.41) is 9.20. The molecule has 0 bridgehead atoms. The summed E-state index contributed by atoms with van der Waals surface area (Å²) in [7, 11) is 0. The van der Waals surface area contributed by atoms with Crippen LogP contribution in [0.3, 0.4) is 0 Å². The minimum Gasteiger partial charge on any atom is -0.349 e. The zero-order chi connectivity index (χ0) is 12.1. The summed E-state index contributed by atoms with van der Waals surface area (Å²) in [5.41, 5.74) is 0.946. The first-order valence-corrected chi connectivity index (χ1v) is 7.03. The molecule has 1 saturated carbocycles. The Morgan fingerprint density at radius 2 is 2.29 bits per heavy atom. The summed E-state index contributed by atoms with van der Waals surface area (Å²) in [6.45, 7) is 2.93. The first-order valence-electron chi connectivity index (χ1n) is 6.15. The van der Waals surface area contributed by atoms with Crippen molar-refractivity contribution in [1.29, 1.82) is 0 Å². The summed E-state index contributed by atoms with van der Waals surface area (Å²) in [6, 6.07) is 0.544. The number of rotatable bonds is 5. The third kappa shape index (κ3) is 4.09. The Labute approximate surface area is 106 Å². The summed E-state index contributed by atoms with van der Waals surface area (Å²) in [4.78, 5) is 15.9. The Morgan fingerprint density at radius 1 is 1.53 bits per heavy atom. The van der Waals surface area contributed by atoms with Gasteiger partial charge in [0, 0.05) is 11.4 Å². The molecular weight excluding hydrogens is 234 g/mol. The second-order valence-corrected chi connectivity index (χ2v) is 5.56. The smallest absolute Gasteiger partial charge is 0.234 e. The third-order valence-corrected chi connectivity index (χ3v) is 3.86. The van der Waals surface area contributed by atoms with Gasteiger partial charge in [0.05, 0.1) is 23.8 Å². The number of hydrogen-bond donors (Lipinski definition) is 2. The predicted molar refractivity (Wildman–Crippen MR) is 69.0 cm³/mol. The molecule has 2 N–H and O–H groups in total. The molecule has 0 atom stereocenters. The van der Waals surface area contributed by atoms with E-state index in [4.69, 9.17) is 0 Å². The summed E-state index contributed by atoms with van der Waals surface area (Å²) in [6.07, 6.45) is 4.99. The molecule has 1 aliphatic rings. The molecule has 1 fully saturated rings. The highest BCUT2D eigenvalue weighted by atomic mass is 32.1. The lowest BCUT2D eigenvalue weighted by Crippen LogP contribution is -2.37. The van der Waals surface area contributed by atoms with Gasteiger partial charge in [0.2, 0.25) is 5.91 Å². The van der Waals surface area contributed by atoms with Gasteiger partial charge in [-0.2, -0.15) is 0 Å². The molecule has 1 aromatic rings. The predicted octanol–water partition coefficient (Wildman–Crippen LogP) is 1.60. The van der Waals surface area contributed by atoms with Gasteiger partial charge in [-0.3, -0.25) is 4.79 Å². The number of amides is 1. The van der Waals surface area contributed by atoms with Crippen molar-refractivity contribution in [1.82, 2.24) is 15.6 Å². The molecule has 1 aliphatic carbocycles. The van der Waals surface area contributed by atoms with Gasteiger partial charge >= 0.3 is 0 Å². The van der Waals surface area contributed by atoms with Crippen molar-refractivity contribution < 1.29 is 4.79 Å². The molecule has 1 amide bonds. The van der Waals surface area contributed by atoms with Crippen molar-refractivity contribution in [3.05, 3.63) is 16.1 Å². The zero-order valence-corrected chi connectivity index (χ0v) is 11.0. The van der Waals surface area contributed by atoms with Gasteiger partial charge in [0.25, 0.3) is 0 Å². The Morgan fingerprint density at radius 3 is 2.94 bits per heavy atom. The number of nitrogens with one attached hydrogen (secondary N) is 2. The number of carbonyl (C=O) groups is 1. The van der Waals surface area contributed by atoms with Crippen LogP contribution in [0.15, 0.2) is 5.38 Å². The standard InChI is InChI=1S/C12H19N3OS/c1-9-15-11(8-17-9)6-14-12(16)7-13-10-4-2-3-5-10/h8,10,13H,2-7H2,1H3,(H,14,16). The van der Waals surface area contributed by atoms with Crippen LogP contribution in [0, 0.1) is 6.92 Å². The molecule has 0 radical (unpaired) electrons. The van der Waals surface area contributed by atoms with Crippen LogP contribution in [-0.2, 0) is 11.3 Å². The van der Waals surface area contributed by atoms with Gasteiger partial charge in [-0.25, -0.2) is 4.98 Å². The Kier molecular flexibility index (Phi) is 4.50. The van der Waals surface area contributed by atoms with Crippen LogP contribution in [0.4, 0.5) is 0 Å². The lowest BCUT2D eigenvalue weighted by molar-refractivity contribution is -0.120. The number of hydrogen-bond acceptors (Lipinski definition) is 4. The van der Waals surface area contributed by atoms with E-state index in [2.05, 4.69) is 15.6 Å². The van der Waals surface area contributed by atoms with E-state index in [1.54, 1.807) is 11.3 Å². The zero-order valence-electron chi connectivity index (χ0n) is 10.2. The fraction of sp³-hybridized carbons (Fsp3) is 0.667. The van der Waals surface area contributed by atoms with Gasteiger partial charge in [0.1, 0.15) is 0 Å². The average molecular weight is 253 g/mol. The number of nitrogens with zero attached hydrogens (tertiary/aromatic N) is 1. The van der Waals surface area contributed by atoms with Crippen molar-refractivity contribution >= 4 is 17.2 Å². The first-order chi connectivity index (χ1) is 8.24. The van der Waals surface area contributed by atoms with E-state index in [-0.39, 0.29) is 5.91 Å². The van der Waals surface area contributed by atoms with E-state index in [9.17, 15) is 4.79 Å². The molecule has 17 heavy (non-hydrogen) atoms. The highest BCUT2D eigenvalue weighted by Crippen LogP contribution is 2.17. The molecule has 1 aromatic heterocycles. The largest absolute Gasteiger partial charge is 0.349 e. The van der Waals surface area contributed by atoms with E-state index in [0.29, 0.717) is 19.1 Å². The number of aryl methyl sites for hydroxylation is 1. The second-order valence-electron chi connectivity index (χ2n) is 4.50. The number of thiazole rings is 1. The molecular formula is C12H19N3OS. The lowest BCUT2D eigenvalue weighted by atomic mass is 10.2. The summed E-state index contributed by atoms with van der Waals surface area (Å²) < 4.78 is 0. The molecule has 0 saturated heterocycles. The van der Waals surface area contributed by atoms with E-state index in [1.807, 2.05) is 12.3 Å². The maximum absolute atomic E-state index is 11.6. The van der Waals surface area contributed by atoms with E-state index in [0.717, 1.165) is 10.7 Å². The normalized spacial score (nSPS) is 16.3. The lowest BCUT2D eigenvalue weighted by Gasteiger charge is -2.11. The maximum atomic E-state index is 11.6. The fourth-order valence-corrected chi connectivity index (χ4v) is 2.72. The van der Waals surface area contributed by atoms with Gasteiger partial charge in [0.15, 0.2) is 0 Å². The first kappa shape index (κ1) is 12.5. The molecule has 0 spiro atoms. The SMILES string of the molecule is Cc1nc(CNC(=O)CNC2CCCC2)cs1.